The minimum absolute atomic E-state index is 0. The van der Waals surface area contributed by atoms with Crippen molar-refractivity contribution in [2.24, 2.45) is 0 Å². The average molecular weight is 240 g/mol. The summed E-state index contributed by atoms with van der Waals surface area (Å²) in [6.45, 7) is 5.81. The van der Waals surface area contributed by atoms with Crippen LogP contribution in [0, 0.1) is 13.8 Å². The van der Waals surface area contributed by atoms with Gasteiger partial charge >= 0.3 is 29.6 Å². The fourth-order valence-electron chi connectivity index (χ4n) is 1.80. The molecule has 0 unspecified atom stereocenters. The Bertz CT molecular complexity index is 575. The molecule has 0 saturated carbocycles. The van der Waals surface area contributed by atoms with Gasteiger partial charge in [-0.05, 0) is 37.5 Å². The first kappa shape index (κ1) is 14.2. The number of carboxylic acid groups (broad SMARTS) is 1. The molecule has 2 aromatic rings. The number of carboxylic acids is 1. The molecule has 0 aromatic carbocycles. The van der Waals surface area contributed by atoms with Crippen LogP contribution in [0.3, 0.4) is 0 Å². The number of carbonyl (C=O) groups is 1. The molecule has 2 aromatic heterocycles. The third-order valence-corrected chi connectivity index (χ3v) is 2.83. The molecule has 0 aliphatic rings. The van der Waals surface area contributed by atoms with E-state index in [9.17, 15) is 9.90 Å². The van der Waals surface area contributed by atoms with Gasteiger partial charge in [-0.2, -0.15) is 0 Å². The number of aromatic carboxylic acids is 1. The van der Waals surface area contributed by atoms with Crippen LogP contribution in [0.4, 0.5) is 0 Å². The molecule has 0 atom stereocenters. The zero-order chi connectivity index (χ0) is 11.9. The summed E-state index contributed by atoms with van der Waals surface area (Å²) in [4.78, 5) is 15.4. The predicted octanol–water partition coefficient (Wildman–Crippen LogP) is -2.12. The van der Waals surface area contributed by atoms with E-state index in [0.717, 1.165) is 11.1 Å². The van der Waals surface area contributed by atoms with E-state index in [0.29, 0.717) is 17.8 Å². The second-order valence-electron chi connectivity index (χ2n) is 3.92. The van der Waals surface area contributed by atoms with E-state index in [1.165, 1.54) is 0 Å². The molecule has 0 radical (unpaired) electrons. The first-order valence-electron chi connectivity index (χ1n) is 5.24. The van der Waals surface area contributed by atoms with E-state index in [1.807, 2.05) is 26.8 Å². The molecule has 2 rings (SSSR count). The topological polar surface area (TPSA) is 57.4 Å². The van der Waals surface area contributed by atoms with Gasteiger partial charge in [0.2, 0.25) is 0 Å². The molecular weight excluding hydrogens is 227 g/mol. The van der Waals surface area contributed by atoms with Gasteiger partial charge in [0.05, 0.1) is 17.4 Å². The van der Waals surface area contributed by atoms with Crippen molar-refractivity contribution in [3.63, 3.8) is 0 Å². The molecule has 0 fully saturated rings. The Hall–Kier alpha value is -0.840. The number of hydrogen-bond acceptors (Lipinski definition) is 3. The third kappa shape index (κ3) is 2.39. The van der Waals surface area contributed by atoms with Crippen molar-refractivity contribution in [3.05, 3.63) is 34.8 Å². The summed E-state index contributed by atoms with van der Waals surface area (Å²) in [7, 11) is 0. The summed E-state index contributed by atoms with van der Waals surface area (Å²) in [5.74, 6) is -1.17. The van der Waals surface area contributed by atoms with Crippen molar-refractivity contribution < 1.29 is 39.5 Å². The molecule has 0 aliphatic heterocycles. The summed E-state index contributed by atoms with van der Waals surface area (Å²) in [6, 6.07) is 1.89. The molecule has 4 nitrogen and oxygen atoms in total. The number of hydrogen-bond donors (Lipinski definition) is 0. The molecular formula is C12H13N2NaO2. The number of fused-ring (bicyclic) bond motifs is 1. The molecule has 84 valence electrons. The van der Waals surface area contributed by atoms with Crippen molar-refractivity contribution in [2.45, 2.75) is 27.2 Å². The Morgan fingerprint density at radius 3 is 2.59 bits per heavy atom. The fourth-order valence-corrected chi connectivity index (χ4v) is 1.80. The third-order valence-electron chi connectivity index (χ3n) is 2.83. The Labute approximate surface area is 122 Å². The Morgan fingerprint density at radius 2 is 2.06 bits per heavy atom. The minimum atomic E-state index is -1.17. The van der Waals surface area contributed by atoms with Crippen molar-refractivity contribution in [2.75, 3.05) is 0 Å². The number of aryl methyl sites for hydroxylation is 3. The Morgan fingerprint density at radius 1 is 1.41 bits per heavy atom. The molecule has 0 bridgehead atoms. The van der Waals surface area contributed by atoms with Crippen molar-refractivity contribution >= 4 is 11.6 Å². The smallest absolute Gasteiger partial charge is 0.543 e. The van der Waals surface area contributed by atoms with E-state index in [1.54, 1.807) is 10.6 Å². The normalized spacial score (nSPS) is 10.3. The maximum Gasteiger partial charge on any atom is 1.00 e. The summed E-state index contributed by atoms with van der Waals surface area (Å²) >= 11 is 0. The Kier molecular flexibility index (Phi) is 4.36. The summed E-state index contributed by atoms with van der Waals surface area (Å²) in [5, 5.41) is 11.1. The number of carbonyl (C=O) groups excluding carboxylic acids is 1. The van der Waals surface area contributed by atoms with Gasteiger partial charge in [-0.25, -0.2) is 4.98 Å². The van der Waals surface area contributed by atoms with E-state index in [2.05, 4.69) is 4.98 Å². The van der Waals surface area contributed by atoms with Crippen LogP contribution in [0.5, 0.6) is 0 Å². The van der Waals surface area contributed by atoms with Crippen LogP contribution >= 0.6 is 0 Å². The summed E-state index contributed by atoms with van der Waals surface area (Å²) in [6.07, 6.45) is 2.38. The molecule has 0 aliphatic carbocycles. The zero-order valence-corrected chi connectivity index (χ0v) is 12.6. The second kappa shape index (κ2) is 5.21. The van der Waals surface area contributed by atoms with Crippen molar-refractivity contribution in [3.8, 4) is 0 Å². The molecule has 0 amide bonds. The minimum Gasteiger partial charge on any atom is -0.543 e. The van der Waals surface area contributed by atoms with E-state index in [4.69, 9.17) is 0 Å². The zero-order valence-electron chi connectivity index (χ0n) is 10.6. The molecule has 0 N–H and O–H groups in total. The predicted molar refractivity (Wildman–Crippen MR) is 58.4 cm³/mol. The van der Waals surface area contributed by atoms with E-state index >= 15 is 0 Å². The second-order valence-corrected chi connectivity index (χ2v) is 3.92. The van der Waals surface area contributed by atoms with Gasteiger partial charge in [0.25, 0.3) is 0 Å². The maximum atomic E-state index is 11.1. The van der Waals surface area contributed by atoms with Gasteiger partial charge in [-0.1, -0.05) is 6.92 Å². The molecule has 5 heteroatoms. The van der Waals surface area contributed by atoms with Crippen LogP contribution < -0.4 is 34.7 Å². The van der Waals surface area contributed by atoms with Crippen molar-refractivity contribution in [1.29, 1.82) is 0 Å². The van der Waals surface area contributed by atoms with Crippen LogP contribution in [0.15, 0.2) is 12.3 Å². The van der Waals surface area contributed by atoms with Crippen LogP contribution in [0.1, 0.15) is 34.2 Å². The van der Waals surface area contributed by atoms with Gasteiger partial charge in [-0.3, -0.25) is 4.40 Å². The molecule has 2 heterocycles. The standard InChI is InChI=1S/C12H14N2O2.Na/c1-4-9-11(12(15)16)14-6-8(3)7(2)5-10(14)13-9;/h5-6H,4H2,1-3H3,(H,15,16);/q;+1/p-1. The van der Waals surface area contributed by atoms with Gasteiger partial charge in [0, 0.05) is 6.20 Å². The van der Waals surface area contributed by atoms with E-state index in [-0.39, 0.29) is 35.3 Å². The largest absolute Gasteiger partial charge is 1.00 e. The number of imidazole rings is 1. The van der Waals surface area contributed by atoms with Crippen LogP contribution in [-0.4, -0.2) is 15.4 Å². The first-order valence-corrected chi connectivity index (χ1v) is 5.24. The summed E-state index contributed by atoms with van der Waals surface area (Å²) in [5.41, 5.74) is 3.55. The monoisotopic (exact) mass is 240 g/mol. The van der Waals surface area contributed by atoms with Gasteiger partial charge in [0.1, 0.15) is 5.65 Å². The van der Waals surface area contributed by atoms with E-state index < -0.39 is 5.97 Å². The average Bonchev–Trinajstić information content (AvgIpc) is 2.56. The number of rotatable bonds is 2. The fraction of sp³-hybridized carbons (Fsp3) is 0.333. The molecule has 0 spiro atoms. The SMILES string of the molecule is CCc1nc2cc(C)c(C)cn2c1C(=O)[O-].[Na+]. The molecule has 0 saturated heterocycles. The van der Waals surface area contributed by atoms with Gasteiger partial charge < -0.3 is 9.90 Å². The first-order chi connectivity index (χ1) is 7.54. The quantitative estimate of drug-likeness (QED) is 0.564. The summed E-state index contributed by atoms with van der Waals surface area (Å²) < 4.78 is 1.59. The Balaban J connectivity index is 0.00000144. The van der Waals surface area contributed by atoms with Crippen molar-refractivity contribution in [1.82, 2.24) is 9.38 Å². The maximum absolute atomic E-state index is 11.1. The number of aromatic nitrogens is 2. The number of nitrogens with zero attached hydrogens (tertiary/aromatic N) is 2. The van der Waals surface area contributed by atoms with Gasteiger partial charge in [0.15, 0.2) is 0 Å². The molecule has 17 heavy (non-hydrogen) atoms. The van der Waals surface area contributed by atoms with Crippen LogP contribution in [0.2, 0.25) is 0 Å². The van der Waals surface area contributed by atoms with Crippen LogP contribution in [-0.2, 0) is 6.42 Å². The van der Waals surface area contributed by atoms with Gasteiger partial charge in [-0.15, -0.1) is 0 Å². The number of pyridine rings is 1. The van der Waals surface area contributed by atoms with Crippen LogP contribution in [0.25, 0.3) is 5.65 Å².